The molecule has 9 rings (SSSR count). The van der Waals surface area contributed by atoms with E-state index < -0.39 is 40.1 Å². The summed E-state index contributed by atoms with van der Waals surface area (Å²) in [6.45, 7) is 2.96. The molecule has 330 valence electrons. The van der Waals surface area contributed by atoms with Crippen LogP contribution in [0.5, 0.6) is 17.2 Å². The summed E-state index contributed by atoms with van der Waals surface area (Å²) in [6, 6.07) is 28.4. The molecule has 2 bridgehead atoms. The van der Waals surface area contributed by atoms with Crippen LogP contribution in [0.1, 0.15) is 52.8 Å². The number of carbonyl (C=O) groups excluding carboxylic acids is 2. The molecule has 16 heteroatoms. The monoisotopic (exact) mass is 914 g/mol. The minimum absolute atomic E-state index is 0.0476. The Morgan fingerprint density at radius 1 is 0.810 bits per heavy atom. The number of halogens is 2. The van der Waals surface area contributed by atoms with Gasteiger partial charge in [-0.2, -0.15) is 4.31 Å². The van der Waals surface area contributed by atoms with E-state index in [1.165, 1.54) is 43.1 Å². The Morgan fingerprint density at radius 2 is 1.51 bits per heavy atom. The number of hydrogen-bond acceptors (Lipinski definition) is 11. The Kier molecular flexibility index (Phi) is 13.7. The van der Waals surface area contributed by atoms with Gasteiger partial charge in [0.05, 0.1) is 41.1 Å². The smallest absolute Gasteiger partial charge is 0.408 e. The van der Waals surface area contributed by atoms with Gasteiger partial charge in [-0.3, -0.25) is 14.7 Å². The maximum absolute atomic E-state index is 13.6. The van der Waals surface area contributed by atoms with Crippen LogP contribution in [0.15, 0.2) is 114 Å². The Bertz CT molecular complexity index is 2500. The molecular weight excluding hydrogens is 868 g/mol. The lowest BCUT2D eigenvalue weighted by molar-refractivity contribution is -0.158. The van der Waals surface area contributed by atoms with Gasteiger partial charge < -0.3 is 29.0 Å². The molecule has 4 aliphatic heterocycles. The van der Waals surface area contributed by atoms with Crippen molar-refractivity contribution in [2.24, 2.45) is 11.8 Å². The molecule has 5 aromatic rings. The largest absolute Gasteiger partial charge is 0.493 e. The van der Waals surface area contributed by atoms with Crippen LogP contribution < -0.4 is 19.5 Å². The molecule has 0 unspecified atom stereocenters. The van der Waals surface area contributed by atoms with Crippen LogP contribution in [-0.4, -0.2) is 87.7 Å². The molecule has 1 N–H and O–H groups in total. The van der Waals surface area contributed by atoms with Crippen LogP contribution in [0.4, 0.5) is 4.79 Å². The van der Waals surface area contributed by atoms with Crippen molar-refractivity contribution >= 4 is 45.3 Å². The second kappa shape index (κ2) is 19.6. The number of nitrogens with one attached hydrogen (secondary N) is 1. The maximum atomic E-state index is 13.6. The highest BCUT2D eigenvalue weighted by Crippen LogP contribution is 2.37. The summed E-state index contributed by atoms with van der Waals surface area (Å²) in [5.74, 6) is 0.657. The van der Waals surface area contributed by atoms with E-state index in [-0.39, 0.29) is 37.1 Å². The minimum Gasteiger partial charge on any atom is -0.493 e. The van der Waals surface area contributed by atoms with Crippen molar-refractivity contribution in [2.75, 3.05) is 46.9 Å². The fraction of sp³-hybridized carbons (Fsp3) is 0.340. The number of methoxy groups -OCH3 is 2. The fourth-order valence-electron chi connectivity index (χ4n) is 8.31. The zero-order valence-corrected chi connectivity index (χ0v) is 37.2. The van der Waals surface area contributed by atoms with Crippen LogP contribution in [0, 0.1) is 11.8 Å². The number of piperidine rings is 3. The summed E-state index contributed by atoms with van der Waals surface area (Å²) in [5, 5.41) is 3.73. The zero-order chi connectivity index (χ0) is 44.1. The van der Waals surface area contributed by atoms with Gasteiger partial charge in [-0.05, 0) is 96.1 Å². The van der Waals surface area contributed by atoms with E-state index in [1.807, 2.05) is 54.6 Å². The second-order valence-electron chi connectivity index (χ2n) is 15.9. The number of benzene rings is 4. The molecular formula is C47H48Cl2N4O9S. The first-order valence-electron chi connectivity index (χ1n) is 20.8. The molecule has 4 aliphatic rings. The quantitative estimate of drug-likeness (QED) is 0.0961. The number of nitrogens with zero attached hydrogens (tertiary/aromatic N) is 3. The van der Waals surface area contributed by atoms with E-state index in [0.717, 1.165) is 49.2 Å². The van der Waals surface area contributed by atoms with Crippen molar-refractivity contribution in [2.45, 2.75) is 49.0 Å². The molecule has 63 heavy (non-hydrogen) atoms. The normalized spacial score (nSPS) is 19.6. The first-order chi connectivity index (χ1) is 30.5. The Balaban J connectivity index is 0.880. The highest BCUT2D eigenvalue weighted by molar-refractivity contribution is 7.89. The van der Waals surface area contributed by atoms with E-state index in [0.29, 0.717) is 44.3 Å². The molecule has 0 aliphatic carbocycles. The molecule has 4 fully saturated rings. The maximum Gasteiger partial charge on any atom is 0.408 e. The molecule has 5 heterocycles. The zero-order valence-electron chi connectivity index (χ0n) is 34.8. The van der Waals surface area contributed by atoms with E-state index >= 15 is 0 Å². The number of aromatic nitrogens is 1. The summed E-state index contributed by atoms with van der Waals surface area (Å²) in [5.41, 5.74) is 3.62. The lowest BCUT2D eigenvalue weighted by atomic mass is 9.86. The van der Waals surface area contributed by atoms with Crippen LogP contribution >= 0.6 is 23.2 Å². The molecule has 13 nitrogen and oxygen atoms in total. The average molecular weight is 916 g/mol. The minimum atomic E-state index is -3.91. The van der Waals surface area contributed by atoms with Crippen LogP contribution in [0.2, 0.25) is 10.0 Å². The highest BCUT2D eigenvalue weighted by atomic mass is 35.5. The van der Waals surface area contributed by atoms with Gasteiger partial charge in [0.2, 0.25) is 10.0 Å². The number of carbonyl (C=O) groups is 2. The number of esters is 1. The summed E-state index contributed by atoms with van der Waals surface area (Å²) in [6.07, 6.45) is 3.75. The van der Waals surface area contributed by atoms with Gasteiger partial charge in [-0.1, -0.05) is 83.9 Å². The second-order valence-corrected chi connectivity index (χ2v) is 18.7. The number of alkyl carbamates (subject to hydrolysis) is 1. The third-order valence-electron chi connectivity index (χ3n) is 12.0. The number of hydrogen-bond donors (Lipinski definition) is 1. The van der Waals surface area contributed by atoms with Crippen LogP contribution in [0.3, 0.4) is 0 Å². The summed E-state index contributed by atoms with van der Waals surface area (Å²) < 4.78 is 57.6. The number of sulfonamides is 1. The van der Waals surface area contributed by atoms with Crippen molar-refractivity contribution < 1.29 is 41.7 Å². The predicted molar refractivity (Wildman–Crippen MR) is 237 cm³/mol. The lowest BCUT2D eigenvalue weighted by Gasteiger charge is -2.43. The van der Waals surface area contributed by atoms with E-state index in [1.54, 1.807) is 30.3 Å². The number of ether oxygens (including phenoxy) is 5. The van der Waals surface area contributed by atoms with Gasteiger partial charge in [0.15, 0.2) is 11.5 Å². The molecule has 0 saturated carbocycles. The number of fused-ring (bicyclic) bond motifs is 3. The standard InChI is InChI=1S/C47H48Cl2N4O9S/c1-58-41-16-13-33(22-43(41)59-2)42(23-38-39(48)24-50-25-40(38)49)61-46(54)35-26-53(27-35)63(56,57)37-14-11-30(12-15-37)29-60-36-10-6-9-34(21-36)45(32-7-4-3-5-8-32)51-47(55)62-44-28-52-19-17-31(44)18-20-52/h3-16,21-22,24-25,31,35,42,44-45H,17-20,23,26-29H2,1-2H3,(H,51,55)/t42-,44-,45-/m0/s1. The van der Waals surface area contributed by atoms with Crippen molar-refractivity contribution in [1.82, 2.24) is 19.5 Å². The first kappa shape index (κ1) is 44.2. The van der Waals surface area contributed by atoms with E-state index in [2.05, 4.69) is 15.2 Å². The third kappa shape index (κ3) is 10.2. The fourth-order valence-corrected chi connectivity index (χ4v) is 10.4. The molecule has 3 atom stereocenters. The van der Waals surface area contributed by atoms with Crippen molar-refractivity contribution in [3.8, 4) is 17.2 Å². The van der Waals surface area contributed by atoms with Gasteiger partial charge in [0.25, 0.3) is 0 Å². The Morgan fingerprint density at radius 3 is 2.17 bits per heavy atom. The Labute approximate surface area is 377 Å². The number of pyridine rings is 1. The average Bonchev–Trinajstić information content (AvgIpc) is 3.28. The first-order valence-corrected chi connectivity index (χ1v) is 22.9. The molecule has 1 aromatic heterocycles. The van der Waals surface area contributed by atoms with Crippen molar-refractivity contribution in [1.29, 1.82) is 0 Å². The molecule has 0 spiro atoms. The van der Waals surface area contributed by atoms with Gasteiger partial charge in [0, 0.05) is 38.4 Å². The number of amides is 1. The lowest BCUT2D eigenvalue weighted by Crippen LogP contribution is -2.53. The third-order valence-corrected chi connectivity index (χ3v) is 14.5. The summed E-state index contributed by atoms with van der Waals surface area (Å²) in [7, 11) is -0.880. The predicted octanol–water partition coefficient (Wildman–Crippen LogP) is 8.04. The van der Waals surface area contributed by atoms with E-state index in [4.69, 9.17) is 46.9 Å². The number of rotatable bonds is 16. The molecule has 4 saturated heterocycles. The van der Waals surface area contributed by atoms with Gasteiger partial charge in [-0.15, -0.1) is 0 Å². The highest BCUT2D eigenvalue weighted by Gasteiger charge is 2.42. The summed E-state index contributed by atoms with van der Waals surface area (Å²) in [4.78, 5) is 33.3. The topological polar surface area (TPSA) is 146 Å². The van der Waals surface area contributed by atoms with Gasteiger partial charge >= 0.3 is 12.1 Å². The van der Waals surface area contributed by atoms with Crippen LogP contribution in [0.25, 0.3) is 0 Å². The summed E-state index contributed by atoms with van der Waals surface area (Å²) >= 11 is 12.9. The SMILES string of the molecule is COc1ccc([C@H](Cc2c(Cl)cncc2Cl)OC(=O)C2CN(S(=O)(=O)c3ccc(COc4cccc([C@@H](NC(=O)O[C@H]5CN6CCC5CC6)c5ccccc5)c4)cc3)C2)cc1OC. The van der Waals surface area contributed by atoms with E-state index in [9.17, 15) is 18.0 Å². The molecule has 1 amide bonds. The van der Waals surface area contributed by atoms with Crippen LogP contribution in [-0.2, 0) is 37.3 Å². The molecule has 4 aromatic carbocycles. The van der Waals surface area contributed by atoms with Gasteiger partial charge in [0.1, 0.15) is 24.6 Å². The van der Waals surface area contributed by atoms with Crippen molar-refractivity contribution in [3.05, 3.63) is 147 Å². The van der Waals surface area contributed by atoms with Gasteiger partial charge in [-0.25, -0.2) is 13.2 Å². The Hall–Kier alpha value is -5.38. The van der Waals surface area contributed by atoms with Crippen molar-refractivity contribution in [3.63, 3.8) is 0 Å². The molecule has 0 radical (unpaired) electrons.